The third-order valence-electron chi connectivity index (χ3n) is 20.7. The standard InChI is InChI=1S/C78H117BrFN5O25/c1-54(83-73(95)64(84-70(92)51-79)11-6-7-19-81-69(91)17-20-97-23-24-99-27-28-101-31-32-103-35-36-105-39-40-107-43-44-108-42-41-106-38-37-104-34-33-102-30-29-100-26-25-98-22-21-96-5)71(93)82-55(2)72(94)85-65-47-57(12-13-59(65)52-86)45-56-9-8-10-58(46-56)74-109-68-49-63-62-15-14-60-48-61(88)16-18-75(60,3)77(62,80)66(89)50-76(63,4)78(68,110-74)67(90)53-87/h8-10,12-13,16,18,46-48,54-55,62-64,66,68,74,86-87,89H,6-7,11,14-15,17,19-45,49-53H2,1-5H3,(H,81,91)(H,82,93)(H,83,95)(H,84,92)(H,85,94)/t54-,55-,62-,63-,64-,66-,68+,74+,75-,76-,77-,78+/m0/s1. The number of ether oxygens (including phenoxy) is 15. The monoisotopic (exact) mass is 1620 g/mol. The molecule has 0 radical (unpaired) electrons. The summed E-state index contributed by atoms with van der Waals surface area (Å²) in [5.41, 5.74) is -2.81. The van der Waals surface area contributed by atoms with Crippen molar-refractivity contribution >= 4 is 62.7 Å². The van der Waals surface area contributed by atoms with Crippen molar-refractivity contribution in [3.8, 4) is 0 Å². The van der Waals surface area contributed by atoms with Gasteiger partial charge in [0.15, 0.2) is 29.1 Å². The largest absolute Gasteiger partial charge is 0.392 e. The molecule has 1 saturated heterocycles. The molecule has 618 valence electrons. The first-order valence-electron chi connectivity index (χ1n) is 38.2. The molecule has 5 amide bonds. The average Bonchev–Trinajstić information content (AvgIpc) is 1.45. The van der Waals surface area contributed by atoms with E-state index in [2.05, 4.69) is 42.5 Å². The Bertz CT molecular complexity index is 3250. The van der Waals surface area contributed by atoms with E-state index in [0.29, 0.717) is 214 Å². The Balaban J connectivity index is 0.689. The number of alkyl halides is 2. The van der Waals surface area contributed by atoms with Gasteiger partial charge in [-0.3, -0.25) is 33.6 Å². The van der Waals surface area contributed by atoms with Crippen molar-refractivity contribution in [2.24, 2.45) is 22.7 Å². The molecule has 0 bridgehead atoms. The molecule has 1 aliphatic heterocycles. The molecule has 4 fully saturated rings. The molecule has 110 heavy (non-hydrogen) atoms. The van der Waals surface area contributed by atoms with Gasteiger partial charge in [0.25, 0.3) is 0 Å². The van der Waals surface area contributed by atoms with E-state index < -0.39 is 113 Å². The smallest absolute Gasteiger partial charge is 0.246 e. The van der Waals surface area contributed by atoms with E-state index in [1.54, 1.807) is 50.4 Å². The molecule has 4 aliphatic carbocycles. The summed E-state index contributed by atoms with van der Waals surface area (Å²) >= 11 is 3.11. The maximum Gasteiger partial charge on any atom is 0.246 e. The van der Waals surface area contributed by atoms with Crippen LogP contribution in [0.25, 0.3) is 0 Å². The molecule has 2 aromatic rings. The number of nitrogens with one attached hydrogen (secondary N) is 5. The number of allylic oxidation sites excluding steroid dienone is 4. The normalized spacial score (nSPS) is 24.0. The zero-order valence-corrected chi connectivity index (χ0v) is 65.9. The number of aliphatic hydroxyl groups excluding tert-OH is 3. The van der Waals surface area contributed by atoms with E-state index in [0.717, 1.165) is 11.1 Å². The van der Waals surface area contributed by atoms with E-state index in [1.165, 1.54) is 26.0 Å². The number of hydrogen-bond acceptors (Lipinski definition) is 25. The van der Waals surface area contributed by atoms with Crippen molar-refractivity contribution in [2.75, 3.05) is 196 Å². The number of benzene rings is 2. The molecule has 0 aromatic heterocycles. The van der Waals surface area contributed by atoms with Gasteiger partial charge >= 0.3 is 0 Å². The SMILES string of the molecule is COCCOCCOCCOCCOCCOCCOCCOCCOCCOCCOCCOCCOCCC(=O)NCCCC[C@H](NC(=O)CBr)C(=O)N[C@@H](C)C(=O)N[C@@H](C)C(=O)Nc1cc(Cc2cccc([C@@H]3O[C@@H]4C[C@H]5[C@@H]6CCC7=CC(=O)C=C[C@]7(C)[C@@]6(F)[C@@H](O)C[C@]5(C)[C@]4(C(=O)CO)O3)c2)ccc1CO. The van der Waals surface area contributed by atoms with Crippen LogP contribution in [0.4, 0.5) is 10.1 Å². The highest BCUT2D eigenvalue weighted by atomic mass is 79.9. The molecule has 7 rings (SSSR count). The Kier molecular flexibility index (Phi) is 40.3. The molecule has 12 atom stereocenters. The van der Waals surface area contributed by atoms with Crippen LogP contribution in [-0.2, 0) is 118 Å². The van der Waals surface area contributed by atoms with Crippen LogP contribution in [0.3, 0.4) is 0 Å². The predicted molar refractivity (Wildman–Crippen MR) is 402 cm³/mol. The number of hydrogen-bond donors (Lipinski definition) is 8. The van der Waals surface area contributed by atoms with E-state index in [1.807, 2.05) is 19.1 Å². The van der Waals surface area contributed by atoms with Gasteiger partial charge in [-0.05, 0) is 107 Å². The second-order valence-corrected chi connectivity index (χ2v) is 28.7. The lowest BCUT2D eigenvalue weighted by molar-refractivity contribution is -0.231. The topological polar surface area (TPSA) is 379 Å². The highest BCUT2D eigenvalue weighted by molar-refractivity contribution is 9.09. The molecular formula is C78H117BrFN5O25. The summed E-state index contributed by atoms with van der Waals surface area (Å²) in [4.78, 5) is 92.2. The Hall–Kier alpha value is -5.70. The second kappa shape index (κ2) is 48.5. The van der Waals surface area contributed by atoms with Crippen molar-refractivity contribution in [2.45, 2.75) is 140 Å². The summed E-state index contributed by atoms with van der Waals surface area (Å²) in [7, 11) is 1.63. The first kappa shape index (κ1) is 91.5. The summed E-state index contributed by atoms with van der Waals surface area (Å²) in [6, 6.07) is 9.23. The number of fused-ring (bicyclic) bond motifs is 7. The third kappa shape index (κ3) is 26.7. The van der Waals surface area contributed by atoms with Crippen molar-refractivity contribution in [3.05, 3.63) is 88.5 Å². The van der Waals surface area contributed by atoms with Gasteiger partial charge in [-0.1, -0.05) is 70.9 Å². The van der Waals surface area contributed by atoms with Crippen LogP contribution in [-0.4, -0.2) is 289 Å². The minimum Gasteiger partial charge on any atom is -0.392 e. The van der Waals surface area contributed by atoms with Crippen LogP contribution in [0.5, 0.6) is 0 Å². The van der Waals surface area contributed by atoms with Crippen LogP contribution in [0.2, 0.25) is 0 Å². The fourth-order valence-corrected chi connectivity index (χ4v) is 15.1. The summed E-state index contributed by atoms with van der Waals surface area (Å²) in [5, 5.41) is 46.3. The third-order valence-corrected chi connectivity index (χ3v) is 21.2. The van der Waals surface area contributed by atoms with E-state index in [-0.39, 0.29) is 55.0 Å². The maximum atomic E-state index is 18.0. The minimum absolute atomic E-state index is 0.0751. The molecule has 1 heterocycles. The lowest BCUT2D eigenvalue weighted by Crippen LogP contribution is -2.69. The molecule has 8 N–H and O–H groups in total. The summed E-state index contributed by atoms with van der Waals surface area (Å²) < 4.78 is 102. The first-order valence-corrected chi connectivity index (χ1v) is 39.4. The van der Waals surface area contributed by atoms with Crippen LogP contribution < -0.4 is 26.6 Å². The summed E-state index contributed by atoms with van der Waals surface area (Å²) in [6.07, 6.45) is 3.38. The molecule has 0 spiro atoms. The van der Waals surface area contributed by atoms with Crippen molar-refractivity contribution in [1.29, 1.82) is 0 Å². The number of methoxy groups -OCH3 is 1. The molecule has 32 heteroatoms. The van der Waals surface area contributed by atoms with Gasteiger partial charge in [0.05, 0.1) is 189 Å². The van der Waals surface area contributed by atoms with Crippen molar-refractivity contribution in [3.63, 3.8) is 0 Å². The summed E-state index contributed by atoms with van der Waals surface area (Å²) in [6.45, 7) is 16.5. The van der Waals surface area contributed by atoms with E-state index in [4.69, 9.17) is 71.1 Å². The Morgan fingerprint density at radius 2 is 1.15 bits per heavy atom. The quantitative estimate of drug-likeness (QED) is 0.0345. The van der Waals surface area contributed by atoms with Gasteiger partial charge in [0.2, 0.25) is 29.5 Å². The van der Waals surface area contributed by atoms with Crippen molar-refractivity contribution in [1.82, 2.24) is 21.3 Å². The van der Waals surface area contributed by atoms with Gasteiger partial charge in [0, 0.05) is 53.6 Å². The van der Waals surface area contributed by atoms with Gasteiger partial charge < -0.3 is 113 Å². The highest BCUT2D eigenvalue weighted by Gasteiger charge is 2.79. The Morgan fingerprint density at radius 3 is 1.68 bits per heavy atom. The van der Waals surface area contributed by atoms with E-state index in [9.17, 15) is 48.9 Å². The van der Waals surface area contributed by atoms with Gasteiger partial charge in [-0.25, -0.2) is 4.39 Å². The van der Waals surface area contributed by atoms with Crippen LogP contribution >= 0.6 is 15.9 Å². The average molecular weight is 1620 g/mol. The van der Waals surface area contributed by atoms with Crippen LogP contribution in [0, 0.1) is 22.7 Å². The fraction of sp³-hybridized carbons (Fsp3) is 0.705. The predicted octanol–water partition coefficient (Wildman–Crippen LogP) is 3.81. The Morgan fingerprint density at radius 1 is 0.636 bits per heavy atom. The van der Waals surface area contributed by atoms with Gasteiger partial charge in [-0.15, -0.1) is 0 Å². The number of carbonyl (C=O) groups excluding carboxylic acids is 7. The number of carbonyl (C=O) groups is 7. The second-order valence-electron chi connectivity index (χ2n) is 28.1. The molecule has 0 unspecified atom stereocenters. The molecule has 5 aliphatic rings. The number of rotatable bonds is 58. The lowest BCUT2D eigenvalue weighted by atomic mass is 9.44. The zero-order chi connectivity index (χ0) is 79.2. The molecule has 3 saturated carbocycles. The maximum absolute atomic E-state index is 18.0. The number of unbranched alkanes of at least 4 members (excludes halogenated alkanes) is 1. The number of ketones is 2. The summed E-state index contributed by atoms with van der Waals surface area (Å²) in [5.74, 6) is -4.62. The molecular weight excluding hydrogens is 1510 g/mol. The minimum atomic E-state index is -2.14. The van der Waals surface area contributed by atoms with Crippen molar-refractivity contribution < 1.29 is 124 Å². The lowest BCUT2D eigenvalue weighted by Gasteiger charge is -2.62. The van der Waals surface area contributed by atoms with Gasteiger partial charge in [0.1, 0.15) is 24.7 Å². The molecule has 2 aromatic carbocycles. The first-order chi connectivity index (χ1) is 53.2. The van der Waals surface area contributed by atoms with E-state index >= 15 is 4.39 Å². The Labute approximate surface area is 652 Å². The fourth-order valence-electron chi connectivity index (χ4n) is 14.9. The number of halogens is 2. The zero-order valence-electron chi connectivity index (χ0n) is 64.3. The number of aliphatic hydroxyl groups is 3. The number of anilines is 1. The van der Waals surface area contributed by atoms with Crippen LogP contribution in [0.1, 0.15) is 108 Å². The molecule has 30 nitrogen and oxygen atoms in total. The number of Topliss-reactive ketones (excluding diaryl/α,β-unsaturated/α-hetero) is 1. The van der Waals surface area contributed by atoms with Crippen LogP contribution in [0.15, 0.2) is 66.3 Å². The number of amides is 5. The van der Waals surface area contributed by atoms with Gasteiger partial charge in [-0.2, -0.15) is 0 Å². The highest BCUT2D eigenvalue weighted by Crippen LogP contribution is 2.72.